The predicted molar refractivity (Wildman–Crippen MR) is 100 cm³/mol. The third kappa shape index (κ3) is 1.76. The molecule has 3 aromatic carbocycles. The van der Waals surface area contributed by atoms with Crippen molar-refractivity contribution in [3.05, 3.63) is 77.5 Å². The molecule has 1 N–H and O–H groups in total. The number of hydrogen-bond donors (Lipinski definition) is 1. The molecule has 0 spiro atoms. The smallest absolute Gasteiger partial charge is 0.260 e. The van der Waals surface area contributed by atoms with Crippen molar-refractivity contribution < 1.29 is 9.53 Å². The number of nitrogens with one attached hydrogen (secondary N) is 1. The fourth-order valence-corrected chi connectivity index (χ4v) is 4.30. The number of aromatic nitrogens is 1. The molecule has 6 rings (SSSR count). The first kappa shape index (κ1) is 14.0. The van der Waals surface area contributed by atoms with Crippen LogP contribution in [0.1, 0.15) is 27.8 Å². The number of para-hydroxylation sites is 1. The van der Waals surface area contributed by atoms with Gasteiger partial charge in [0.1, 0.15) is 5.75 Å². The fourth-order valence-electron chi connectivity index (χ4n) is 4.30. The quantitative estimate of drug-likeness (QED) is 0.515. The van der Waals surface area contributed by atoms with E-state index in [1.54, 1.807) is 0 Å². The number of carbonyl (C=O) groups excluding carboxylic acids is 1. The highest BCUT2D eigenvalue weighted by Crippen LogP contribution is 2.42. The number of amides is 1. The van der Waals surface area contributed by atoms with E-state index < -0.39 is 0 Å². The first-order chi connectivity index (χ1) is 12.8. The van der Waals surface area contributed by atoms with Crippen molar-refractivity contribution in [1.82, 2.24) is 9.88 Å². The van der Waals surface area contributed by atoms with Crippen LogP contribution in [-0.4, -0.2) is 22.3 Å². The molecule has 26 heavy (non-hydrogen) atoms. The molecule has 2 aliphatic heterocycles. The van der Waals surface area contributed by atoms with Crippen LogP contribution in [0, 0.1) is 0 Å². The van der Waals surface area contributed by atoms with E-state index >= 15 is 0 Å². The Balaban J connectivity index is 1.55. The summed E-state index contributed by atoms with van der Waals surface area (Å²) in [4.78, 5) is 18.5. The van der Waals surface area contributed by atoms with Crippen LogP contribution in [0.2, 0.25) is 0 Å². The molecule has 0 saturated carbocycles. The number of H-pyrrole nitrogens is 1. The summed E-state index contributed by atoms with van der Waals surface area (Å²) in [6, 6.07) is 20.3. The molecule has 4 heteroatoms. The lowest BCUT2D eigenvalue weighted by Gasteiger charge is -2.39. The van der Waals surface area contributed by atoms with E-state index in [4.69, 9.17) is 4.74 Å². The normalized spacial score (nSPS) is 18.4. The summed E-state index contributed by atoms with van der Waals surface area (Å²) in [5.74, 6) is 0.716. The van der Waals surface area contributed by atoms with E-state index in [2.05, 4.69) is 23.2 Å². The predicted octanol–water partition coefficient (Wildman–Crippen LogP) is 4.41. The number of benzene rings is 3. The van der Waals surface area contributed by atoms with Crippen molar-refractivity contribution >= 4 is 27.6 Å². The summed E-state index contributed by atoms with van der Waals surface area (Å²) in [6.07, 6.45) is 0.459. The summed E-state index contributed by atoms with van der Waals surface area (Å²) in [5.41, 5.74) is 4.02. The van der Waals surface area contributed by atoms with Gasteiger partial charge in [-0.1, -0.05) is 42.5 Å². The average Bonchev–Trinajstić information content (AvgIpc) is 3.06. The molecule has 0 bridgehead atoms. The van der Waals surface area contributed by atoms with Crippen molar-refractivity contribution in [2.24, 2.45) is 0 Å². The molecular weight excluding hydrogens is 324 g/mol. The molecule has 4 aromatic rings. The summed E-state index contributed by atoms with van der Waals surface area (Å²) in [7, 11) is 0. The van der Waals surface area contributed by atoms with Crippen LogP contribution < -0.4 is 4.74 Å². The van der Waals surface area contributed by atoms with E-state index in [0.29, 0.717) is 17.9 Å². The van der Waals surface area contributed by atoms with Crippen molar-refractivity contribution in [2.75, 3.05) is 6.54 Å². The maximum Gasteiger partial charge on any atom is 0.260 e. The second-order valence-corrected chi connectivity index (χ2v) is 6.98. The maximum absolute atomic E-state index is 13.2. The summed E-state index contributed by atoms with van der Waals surface area (Å²) in [5, 5.41) is 3.37. The largest absolute Gasteiger partial charge is 0.464 e. The number of rotatable bonds is 0. The van der Waals surface area contributed by atoms with Crippen molar-refractivity contribution in [1.29, 1.82) is 0 Å². The maximum atomic E-state index is 13.2. The van der Waals surface area contributed by atoms with Crippen LogP contribution in [0.5, 0.6) is 5.75 Å². The minimum Gasteiger partial charge on any atom is -0.464 e. The van der Waals surface area contributed by atoms with E-state index in [9.17, 15) is 4.79 Å². The number of fused-ring (bicyclic) bond motifs is 7. The zero-order chi connectivity index (χ0) is 17.3. The monoisotopic (exact) mass is 340 g/mol. The van der Waals surface area contributed by atoms with Gasteiger partial charge in [-0.3, -0.25) is 9.69 Å². The Bertz CT molecular complexity index is 1210. The molecule has 0 saturated heterocycles. The van der Waals surface area contributed by atoms with Crippen LogP contribution in [0.15, 0.2) is 60.7 Å². The summed E-state index contributed by atoms with van der Waals surface area (Å²) in [6.45, 7) is 0.671. The molecule has 0 radical (unpaired) electrons. The number of aromatic amines is 1. The fraction of sp³-hybridized carbons (Fsp3) is 0.136. The summed E-state index contributed by atoms with van der Waals surface area (Å²) >= 11 is 0. The van der Waals surface area contributed by atoms with Gasteiger partial charge < -0.3 is 9.72 Å². The van der Waals surface area contributed by atoms with Gasteiger partial charge in [-0.25, -0.2) is 0 Å². The molecule has 0 unspecified atom stereocenters. The zero-order valence-corrected chi connectivity index (χ0v) is 14.0. The number of ether oxygens (including phenoxy) is 1. The lowest BCUT2D eigenvalue weighted by molar-refractivity contribution is 0.00215. The van der Waals surface area contributed by atoms with Crippen molar-refractivity contribution in [2.45, 2.75) is 12.6 Å². The first-order valence-corrected chi connectivity index (χ1v) is 8.89. The molecule has 1 atom stereocenters. The van der Waals surface area contributed by atoms with Crippen LogP contribution in [0.3, 0.4) is 0 Å². The number of hydrogen-bond acceptors (Lipinski definition) is 2. The Kier molecular flexibility index (Phi) is 2.62. The highest BCUT2D eigenvalue weighted by Gasteiger charge is 2.40. The van der Waals surface area contributed by atoms with E-state index in [0.717, 1.165) is 28.4 Å². The van der Waals surface area contributed by atoms with E-state index in [1.165, 1.54) is 10.9 Å². The second kappa shape index (κ2) is 4.88. The van der Waals surface area contributed by atoms with Gasteiger partial charge in [0.2, 0.25) is 6.23 Å². The molecule has 0 aliphatic carbocycles. The van der Waals surface area contributed by atoms with Crippen LogP contribution >= 0.6 is 0 Å². The average molecular weight is 340 g/mol. The Morgan fingerprint density at radius 3 is 2.65 bits per heavy atom. The van der Waals surface area contributed by atoms with E-state index in [-0.39, 0.29) is 12.1 Å². The second-order valence-electron chi connectivity index (χ2n) is 6.98. The van der Waals surface area contributed by atoms with Gasteiger partial charge in [-0.15, -0.1) is 0 Å². The van der Waals surface area contributed by atoms with Crippen LogP contribution in [0.4, 0.5) is 0 Å². The molecule has 3 heterocycles. The molecule has 126 valence electrons. The van der Waals surface area contributed by atoms with Gasteiger partial charge in [-0.2, -0.15) is 0 Å². The highest BCUT2D eigenvalue weighted by molar-refractivity contribution is 6.03. The third-order valence-corrected chi connectivity index (χ3v) is 5.56. The lowest BCUT2D eigenvalue weighted by Crippen LogP contribution is -2.45. The van der Waals surface area contributed by atoms with E-state index in [1.807, 2.05) is 47.4 Å². The molecule has 1 amide bonds. The Morgan fingerprint density at radius 1 is 1.00 bits per heavy atom. The minimum absolute atomic E-state index is 0.0475. The third-order valence-electron chi connectivity index (χ3n) is 5.56. The van der Waals surface area contributed by atoms with Gasteiger partial charge >= 0.3 is 0 Å². The highest BCUT2D eigenvalue weighted by atomic mass is 16.5. The molecule has 1 aromatic heterocycles. The first-order valence-electron chi connectivity index (χ1n) is 8.89. The Morgan fingerprint density at radius 2 is 1.77 bits per heavy atom. The van der Waals surface area contributed by atoms with Crippen molar-refractivity contribution in [3.8, 4) is 5.75 Å². The van der Waals surface area contributed by atoms with Gasteiger partial charge in [0.05, 0.1) is 11.3 Å². The topological polar surface area (TPSA) is 45.3 Å². The SMILES string of the molecule is O=C1c2cc3ccccc3cc2O[C@H]2c3[nH]c4ccccc4c3CCN12. The standard InChI is InChI=1S/C22H16N2O2/c25-21-17-11-13-5-1-2-6-14(13)12-19(17)26-22-20-16(9-10-24(21)22)15-7-3-4-8-18(15)23-20/h1-8,11-12,22-23H,9-10H2/t22-/m0/s1. The minimum atomic E-state index is -0.382. The van der Waals surface area contributed by atoms with Crippen molar-refractivity contribution in [3.63, 3.8) is 0 Å². The van der Waals surface area contributed by atoms with Gasteiger partial charge in [-0.05, 0) is 41.0 Å². The molecule has 4 nitrogen and oxygen atoms in total. The molecule has 0 fully saturated rings. The molecule has 2 aliphatic rings. The Hall–Kier alpha value is -3.27. The van der Waals surface area contributed by atoms with Gasteiger partial charge in [0.15, 0.2) is 0 Å². The Labute approximate surface area is 150 Å². The van der Waals surface area contributed by atoms with Crippen LogP contribution in [-0.2, 0) is 6.42 Å². The molecular formula is C22H16N2O2. The zero-order valence-electron chi connectivity index (χ0n) is 14.0. The summed E-state index contributed by atoms with van der Waals surface area (Å²) < 4.78 is 6.34. The van der Waals surface area contributed by atoms with Gasteiger partial charge in [0.25, 0.3) is 5.91 Å². The number of nitrogens with zero attached hydrogens (tertiary/aromatic N) is 1. The van der Waals surface area contributed by atoms with Gasteiger partial charge in [0, 0.05) is 17.4 Å². The van der Waals surface area contributed by atoms with Crippen LogP contribution in [0.25, 0.3) is 21.7 Å². The number of carbonyl (C=O) groups is 1. The lowest BCUT2D eigenvalue weighted by atomic mass is 9.98.